The first-order valence-corrected chi connectivity index (χ1v) is 5.93. The van der Waals surface area contributed by atoms with Crippen molar-refractivity contribution in [1.82, 2.24) is 10.3 Å². The standard InChI is InChI=1S/C11H11ClF3N3O/c12-8-5-7(1-3-17-8)18-9(19)10(11(13,14)15)2-4-16-6-10/h1,3,5,16H,2,4,6H2,(H,17,18,19). The first-order chi connectivity index (χ1) is 8.85. The number of halogens is 4. The predicted molar refractivity (Wildman–Crippen MR) is 63.9 cm³/mol. The fourth-order valence-electron chi connectivity index (χ4n) is 1.99. The van der Waals surface area contributed by atoms with Crippen LogP contribution in [0.1, 0.15) is 6.42 Å². The maximum absolute atomic E-state index is 13.1. The van der Waals surface area contributed by atoms with E-state index in [4.69, 9.17) is 11.6 Å². The minimum atomic E-state index is -4.60. The van der Waals surface area contributed by atoms with Crippen LogP contribution in [0.25, 0.3) is 0 Å². The SMILES string of the molecule is O=C(Nc1ccnc(Cl)c1)C1(C(F)(F)F)CCNC1. The first-order valence-electron chi connectivity index (χ1n) is 5.56. The fourth-order valence-corrected chi connectivity index (χ4v) is 2.16. The van der Waals surface area contributed by atoms with Gasteiger partial charge in [0.2, 0.25) is 5.91 Å². The molecule has 104 valence electrons. The Labute approximate surface area is 112 Å². The summed E-state index contributed by atoms with van der Waals surface area (Å²) in [7, 11) is 0. The molecule has 1 fully saturated rings. The molecule has 2 heterocycles. The van der Waals surface area contributed by atoms with Crippen LogP contribution < -0.4 is 10.6 Å². The van der Waals surface area contributed by atoms with Gasteiger partial charge in [0.05, 0.1) is 0 Å². The smallest absolute Gasteiger partial charge is 0.325 e. The van der Waals surface area contributed by atoms with E-state index >= 15 is 0 Å². The maximum Gasteiger partial charge on any atom is 0.404 e. The highest BCUT2D eigenvalue weighted by molar-refractivity contribution is 6.29. The van der Waals surface area contributed by atoms with Crippen LogP contribution in [0.4, 0.5) is 18.9 Å². The molecule has 1 aliphatic heterocycles. The van der Waals surface area contributed by atoms with Gasteiger partial charge in [-0.05, 0) is 25.1 Å². The number of amides is 1. The van der Waals surface area contributed by atoms with Crippen LogP contribution in [0.2, 0.25) is 5.15 Å². The van der Waals surface area contributed by atoms with Gasteiger partial charge in [-0.1, -0.05) is 11.6 Å². The maximum atomic E-state index is 13.1. The summed E-state index contributed by atoms with van der Waals surface area (Å²) in [5.41, 5.74) is -2.19. The molecule has 0 radical (unpaired) electrons. The lowest BCUT2D eigenvalue weighted by Gasteiger charge is -2.29. The topological polar surface area (TPSA) is 54.0 Å². The van der Waals surface area contributed by atoms with E-state index in [1.54, 1.807) is 0 Å². The summed E-state index contributed by atoms with van der Waals surface area (Å²) in [4.78, 5) is 15.7. The van der Waals surface area contributed by atoms with Crippen molar-refractivity contribution in [3.8, 4) is 0 Å². The Balaban J connectivity index is 2.22. The number of carbonyl (C=O) groups excluding carboxylic acids is 1. The summed E-state index contributed by atoms with van der Waals surface area (Å²) in [6.45, 7) is -0.259. The zero-order valence-electron chi connectivity index (χ0n) is 9.72. The molecule has 0 saturated carbocycles. The summed E-state index contributed by atoms with van der Waals surface area (Å²) in [5.74, 6) is -1.08. The van der Waals surface area contributed by atoms with Crippen LogP contribution in [0.3, 0.4) is 0 Å². The number of carbonyl (C=O) groups is 1. The number of aromatic nitrogens is 1. The average molecular weight is 294 g/mol. The van der Waals surface area contributed by atoms with Gasteiger partial charge in [-0.2, -0.15) is 13.2 Å². The van der Waals surface area contributed by atoms with E-state index in [1.807, 2.05) is 0 Å². The molecule has 2 rings (SSSR count). The normalized spacial score (nSPS) is 23.4. The Bertz CT molecular complexity index is 486. The van der Waals surface area contributed by atoms with E-state index in [2.05, 4.69) is 15.6 Å². The molecule has 1 atom stereocenters. The Morgan fingerprint density at radius 2 is 2.26 bits per heavy atom. The fraction of sp³-hybridized carbons (Fsp3) is 0.455. The van der Waals surface area contributed by atoms with Crippen LogP contribution in [-0.4, -0.2) is 30.2 Å². The second-order valence-electron chi connectivity index (χ2n) is 4.33. The third-order valence-corrected chi connectivity index (χ3v) is 3.32. The Morgan fingerprint density at radius 3 is 2.79 bits per heavy atom. The van der Waals surface area contributed by atoms with Gasteiger partial charge >= 0.3 is 6.18 Å². The second-order valence-corrected chi connectivity index (χ2v) is 4.72. The summed E-state index contributed by atoms with van der Waals surface area (Å²) in [6.07, 6.45) is -3.57. The monoisotopic (exact) mass is 293 g/mol. The number of anilines is 1. The number of pyridine rings is 1. The Hall–Kier alpha value is -1.34. The van der Waals surface area contributed by atoms with Crippen molar-refractivity contribution >= 4 is 23.2 Å². The van der Waals surface area contributed by atoms with Crippen LogP contribution in [0.5, 0.6) is 0 Å². The highest BCUT2D eigenvalue weighted by atomic mass is 35.5. The van der Waals surface area contributed by atoms with E-state index in [9.17, 15) is 18.0 Å². The molecule has 0 aromatic carbocycles. The van der Waals surface area contributed by atoms with Crippen molar-refractivity contribution in [3.63, 3.8) is 0 Å². The molecule has 1 saturated heterocycles. The molecular formula is C11H11ClF3N3O. The summed E-state index contributed by atoms with van der Waals surface area (Å²) < 4.78 is 39.3. The van der Waals surface area contributed by atoms with Gasteiger partial charge in [0, 0.05) is 18.4 Å². The van der Waals surface area contributed by atoms with E-state index in [0.717, 1.165) is 0 Å². The van der Waals surface area contributed by atoms with E-state index in [0.29, 0.717) is 0 Å². The highest BCUT2D eigenvalue weighted by Crippen LogP contribution is 2.43. The van der Waals surface area contributed by atoms with E-state index < -0.39 is 24.0 Å². The van der Waals surface area contributed by atoms with Crippen LogP contribution in [0, 0.1) is 5.41 Å². The van der Waals surface area contributed by atoms with Crippen LogP contribution in [-0.2, 0) is 4.79 Å². The predicted octanol–water partition coefficient (Wildman–Crippen LogP) is 2.22. The Morgan fingerprint density at radius 1 is 1.53 bits per heavy atom. The molecule has 8 heteroatoms. The van der Waals surface area contributed by atoms with Crippen molar-refractivity contribution in [2.75, 3.05) is 18.4 Å². The van der Waals surface area contributed by atoms with Crippen molar-refractivity contribution in [3.05, 3.63) is 23.5 Å². The highest BCUT2D eigenvalue weighted by Gasteiger charge is 2.61. The van der Waals surface area contributed by atoms with Gasteiger partial charge in [0.25, 0.3) is 0 Å². The van der Waals surface area contributed by atoms with Gasteiger partial charge in [-0.15, -0.1) is 0 Å². The first kappa shape index (κ1) is 14.1. The molecule has 2 N–H and O–H groups in total. The van der Waals surface area contributed by atoms with Crippen molar-refractivity contribution in [2.24, 2.45) is 5.41 Å². The summed E-state index contributed by atoms with van der Waals surface area (Å²) in [6, 6.07) is 2.68. The lowest BCUT2D eigenvalue weighted by atomic mass is 9.85. The van der Waals surface area contributed by atoms with Gasteiger partial charge < -0.3 is 10.6 Å². The number of nitrogens with zero attached hydrogens (tertiary/aromatic N) is 1. The third kappa shape index (κ3) is 2.66. The van der Waals surface area contributed by atoms with Gasteiger partial charge in [-0.3, -0.25) is 4.79 Å². The van der Waals surface area contributed by atoms with Crippen molar-refractivity contribution < 1.29 is 18.0 Å². The van der Waals surface area contributed by atoms with Crippen molar-refractivity contribution in [2.45, 2.75) is 12.6 Å². The zero-order chi connectivity index (χ0) is 14.1. The van der Waals surface area contributed by atoms with Gasteiger partial charge in [0.1, 0.15) is 5.15 Å². The summed E-state index contributed by atoms with van der Waals surface area (Å²) >= 11 is 5.62. The molecule has 1 aliphatic rings. The Kier molecular flexibility index (Phi) is 3.69. The molecule has 0 spiro atoms. The molecule has 1 unspecified atom stereocenters. The van der Waals surface area contributed by atoms with Gasteiger partial charge in [-0.25, -0.2) is 4.98 Å². The van der Waals surface area contributed by atoms with Gasteiger partial charge in [0.15, 0.2) is 5.41 Å². The molecule has 1 aromatic rings. The molecular weight excluding hydrogens is 283 g/mol. The zero-order valence-corrected chi connectivity index (χ0v) is 10.5. The lowest BCUT2D eigenvalue weighted by Crippen LogP contribution is -2.49. The number of hydrogen-bond donors (Lipinski definition) is 2. The molecule has 0 bridgehead atoms. The third-order valence-electron chi connectivity index (χ3n) is 3.12. The molecule has 1 amide bonds. The molecule has 1 aromatic heterocycles. The molecule has 19 heavy (non-hydrogen) atoms. The largest absolute Gasteiger partial charge is 0.404 e. The molecule has 0 aliphatic carbocycles. The molecule has 4 nitrogen and oxygen atoms in total. The second kappa shape index (κ2) is 4.97. The van der Waals surface area contributed by atoms with Crippen molar-refractivity contribution in [1.29, 1.82) is 0 Å². The minimum absolute atomic E-state index is 0.100. The quantitative estimate of drug-likeness (QED) is 0.822. The van der Waals surface area contributed by atoms with Crippen LogP contribution in [0.15, 0.2) is 18.3 Å². The number of rotatable bonds is 2. The summed E-state index contributed by atoms with van der Waals surface area (Å²) in [5, 5.41) is 4.93. The van der Waals surface area contributed by atoms with E-state index in [1.165, 1.54) is 18.3 Å². The lowest BCUT2D eigenvalue weighted by molar-refractivity contribution is -0.213. The van der Waals surface area contributed by atoms with E-state index in [-0.39, 0.29) is 23.8 Å². The van der Waals surface area contributed by atoms with Crippen LogP contribution >= 0.6 is 11.6 Å². The minimum Gasteiger partial charge on any atom is -0.325 e. The number of hydrogen-bond acceptors (Lipinski definition) is 3. The number of alkyl halides is 3. The average Bonchev–Trinajstić information content (AvgIpc) is 2.78. The number of nitrogens with one attached hydrogen (secondary N) is 2.